The van der Waals surface area contributed by atoms with Crippen LogP contribution in [0.1, 0.15) is 5.69 Å². The number of benzene rings is 1. The first-order valence-electron chi connectivity index (χ1n) is 7.80. The zero-order chi connectivity index (χ0) is 19.1. The molecule has 0 spiro atoms. The van der Waals surface area contributed by atoms with Crippen molar-refractivity contribution in [3.63, 3.8) is 0 Å². The van der Waals surface area contributed by atoms with Gasteiger partial charge in [-0.1, -0.05) is 35.5 Å². The van der Waals surface area contributed by atoms with Crippen LogP contribution in [0.25, 0.3) is 22.5 Å². The molecule has 11 nitrogen and oxygen atoms in total. The summed E-state index contributed by atoms with van der Waals surface area (Å²) in [5, 5.41) is 15.3. The highest BCUT2D eigenvalue weighted by Crippen LogP contribution is 2.23. The Hall–Kier alpha value is -4.02. The maximum absolute atomic E-state index is 12.2. The number of hydrogen-bond donors (Lipinski definition) is 1. The Balaban J connectivity index is 1.85. The van der Waals surface area contributed by atoms with Crippen LogP contribution in [-0.2, 0) is 13.6 Å². The minimum absolute atomic E-state index is 0.0813. The molecule has 0 saturated heterocycles. The summed E-state index contributed by atoms with van der Waals surface area (Å²) in [5.74, 6) is -0.0834. The van der Waals surface area contributed by atoms with Crippen molar-refractivity contribution in [2.24, 2.45) is 7.05 Å². The Bertz CT molecular complexity index is 1280. The summed E-state index contributed by atoms with van der Waals surface area (Å²) in [5.41, 5.74) is -0.485. The highest BCUT2D eigenvalue weighted by atomic mass is 16.6. The number of nitro groups is 1. The summed E-state index contributed by atoms with van der Waals surface area (Å²) in [7, 11) is 1.37. The molecule has 136 valence electrons. The Morgan fingerprint density at radius 3 is 2.70 bits per heavy atom. The Morgan fingerprint density at radius 1 is 1.26 bits per heavy atom. The van der Waals surface area contributed by atoms with Gasteiger partial charge in [0.05, 0.1) is 0 Å². The topological polar surface area (TPSA) is 142 Å². The molecule has 0 atom stereocenters. The third-order valence-electron chi connectivity index (χ3n) is 4.09. The molecular weight excluding hydrogens is 356 g/mol. The molecule has 4 rings (SSSR count). The van der Waals surface area contributed by atoms with Crippen LogP contribution in [0.15, 0.2) is 50.5 Å². The van der Waals surface area contributed by atoms with Gasteiger partial charge in [0.25, 0.3) is 11.2 Å². The molecule has 0 aliphatic rings. The van der Waals surface area contributed by atoms with Gasteiger partial charge in [0, 0.05) is 18.7 Å². The van der Waals surface area contributed by atoms with Crippen molar-refractivity contribution < 1.29 is 9.45 Å². The minimum Gasteiger partial charge on any atom is -0.390 e. The van der Waals surface area contributed by atoms with E-state index >= 15 is 0 Å². The number of aryl methyl sites for hydroxylation is 1. The zero-order valence-corrected chi connectivity index (χ0v) is 13.9. The van der Waals surface area contributed by atoms with Crippen LogP contribution in [0.5, 0.6) is 0 Å². The lowest BCUT2D eigenvalue weighted by atomic mass is 10.2. The van der Waals surface area contributed by atoms with E-state index in [4.69, 9.17) is 4.52 Å². The second kappa shape index (κ2) is 6.05. The van der Waals surface area contributed by atoms with Gasteiger partial charge in [0.1, 0.15) is 12.2 Å². The lowest BCUT2D eigenvalue weighted by Crippen LogP contribution is -2.29. The lowest BCUT2D eigenvalue weighted by molar-refractivity contribution is -0.396. The van der Waals surface area contributed by atoms with Crippen LogP contribution in [0.4, 0.5) is 5.95 Å². The number of hydrogen-bond acceptors (Lipinski definition) is 7. The predicted molar refractivity (Wildman–Crippen MR) is 93.3 cm³/mol. The van der Waals surface area contributed by atoms with Gasteiger partial charge in [-0.05, 0) is 9.91 Å². The van der Waals surface area contributed by atoms with Gasteiger partial charge < -0.3 is 14.6 Å². The molecule has 0 bridgehead atoms. The number of nitrogens with zero attached hydrogens (tertiary/aromatic N) is 5. The van der Waals surface area contributed by atoms with Crippen LogP contribution in [-0.4, -0.2) is 29.2 Å². The normalized spacial score (nSPS) is 11.1. The second-order valence-corrected chi connectivity index (χ2v) is 5.79. The summed E-state index contributed by atoms with van der Waals surface area (Å²) in [6.07, 6.45) is 0. The van der Waals surface area contributed by atoms with E-state index in [0.29, 0.717) is 11.5 Å². The second-order valence-electron chi connectivity index (χ2n) is 5.79. The molecule has 11 heteroatoms. The van der Waals surface area contributed by atoms with Gasteiger partial charge in [-0.3, -0.25) is 14.3 Å². The predicted octanol–water partition coefficient (Wildman–Crippen LogP) is 1.03. The van der Waals surface area contributed by atoms with Crippen LogP contribution in [0.3, 0.4) is 0 Å². The van der Waals surface area contributed by atoms with Gasteiger partial charge >= 0.3 is 11.6 Å². The fourth-order valence-electron chi connectivity index (χ4n) is 2.80. The van der Waals surface area contributed by atoms with Crippen LogP contribution in [0.2, 0.25) is 0 Å². The summed E-state index contributed by atoms with van der Waals surface area (Å²) >= 11 is 0. The molecule has 0 saturated carbocycles. The highest BCUT2D eigenvalue weighted by molar-refractivity contribution is 5.72. The molecule has 0 fully saturated rings. The van der Waals surface area contributed by atoms with Crippen molar-refractivity contribution >= 4 is 17.1 Å². The summed E-state index contributed by atoms with van der Waals surface area (Å²) in [6, 6.07) is 10.8. The van der Waals surface area contributed by atoms with Crippen molar-refractivity contribution in [2.75, 3.05) is 0 Å². The molecule has 1 N–H and O–H groups in total. The first-order valence-corrected chi connectivity index (χ1v) is 7.80. The van der Waals surface area contributed by atoms with Gasteiger partial charge in [-0.25, -0.2) is 9.36 Å². The van der Waals surface area contributed by atoms with Crippen LogP contribution < -0.4 is 11.2 Å². The van der Waals surface area contributed by atoms with Gasteiger partial charge in [-0.2, -0.15) is 0 Å². The molecular formula is C16H12N6O5. The number of H-pyrrole nitrogens is 1. The van der Waals surface area contributed by atoms with E-state index < -0.39 is 22.1 Å². The number of rotatable bonds is 4. The standard InChI is InChI=1S/C16H12N6O5/c1-20-13-12(14(23)18-16(20)24)21(15(17-13)22(25)26)8-10-7-11(27-19-10)9-5-3-2-4-6-9/h2-7H,8H2,1H3,(H,18,23,24). The molecule has 0 aliphatic heterocycles. The lowest BCUT2D eigenvalue weighted by Gasteiger charge is -1.99. The highest BCUT2D eigenvalue weighted by Gasteiger charge is 2.28. The van der Waals surface area contributed by atoms with Gasteiger partial charge in [0.2, 0.25) is 5.52 Å². The number of imidazole rings is 1. The molecule has 3 heterocycles. The van der Waals surface area contributed by atoms with Gasteiger partial charge in [-0.15, -0.1) is 0 Å². The number of nitrogens with one attached hydrogen (secondary N) is 1. The molecule has 27 heavy (non-hydrogen) atoms. The van der Waals surface area contributed by atoms with Crippen LogP contribution >= 0.6 is 0 Å². The largest absolute Gasteiger partial charge is 0.437 e. The van der Waals surface area contributed by atoms with E-state index in [1.54, 1.807) is 6.07 Å². The average molecular weight is 368 g/mol. The van der Waals surface area contributed by atoms with Crippen molar-refractivity contribution in [3.8, 4) is 11.3 Å². The molecule has 4 aromatic rings. The maximum atomic E-state index is 12.2. The number of aromatic amines is 1. The smallest absolute Gasteiger partial charge is 0.390 e. The fourth-order valence-corrected chi connectivity index (χ4v) is 2.80. The molecule has 0 aliphatic carbocycles. The van der Waals surface area contributed by atoms with Crippen molar-refractivity contribution in [1.82, 2.24) is 24.3 Å². The SMILES string of the molecule is Cn1c(=O)[nH]c(=O)c2c1nc([N+](=O)[O-])n2Cc1cc(-c2ccccc2)on1. The Labute approximate surface area is 149 Å². The average Bonchev–Trinajstić information content (AvgIpc) is 3.26. The molecule has 0 radical (unpaired) electrons. The summed E-state index contributed by atoms with van der Waals surface area (Å²) < 4.78 is 7.43. The van der Waals surface area contributed by atoms with Crippen molar-refractivity contribution in [3.05, 3.63) is 73.0 Å². The zero-order valence-electron chi connectivity index (χ0n) is 13.9. The van der Waals surface area contributed by atoms with Crippen molar-refractivity contribution in [1.29, 1.82) is 0 Å². The van der Waals surface area contributed by atoms with E-state index in [-0.39, 0.29) is 17.7 Å². The third-order valence-corrected chi connectivity index (χ3v) is 4.09. The maximum Gasteiger partial charge on any atom is 0.437 e. The quantitative estimate of drug-likeness (QED) is 0.419. The molecule has 1 aromatic carbocycles. The number of aromatic nitrogens is 5. The van der Waals surface area contributed by atoms with E-state index in [1.807, 2.05) is 30.3 Å². The molecule has 0 unspecified atom stereocenters. The molecule has 3 aromatic heterocycles. The van der Waals surface area contributed by atoms with E-state index in [1.165, 1.54) is 7.05 Å². The number of fused-ring (bicyclic) bond motifs is 1. The summed E-state index contributed by atoms with van der Waals surface area (Å²) in [4.78, 5) is 40.6. The van der Waals surface area contributed by atoms with Crippen molar-refractivity contribution in [2.45, 2.75) is 6.54 Å². The van der Waals surface area contributed by atoms with Gasteiger partial charge in [0.15, 0.2) is 5.76 Å². The van der Waals surface area contributed by atoms with E-state index in [9.17, 15) is 19.7 Å². The van der Waals surface area contributed by atoms with E-state index in [0.717, 1.165) is 14.7 Å². The Morgan fingerprint density at radius 2 is 2.00 bits per heavy atom. The first-order chi connectivity index (χ1) is 13.0. The minimum atomic E-state index is -0.763. The van der Waals surface area contributed by atoms with E-state index in [2.05, 4.69) is 15.1 Å². The third kappa shape index (κ3) is 2.70. The molecule has 0 amide bonds. The Kier molecular flexibility index (Phi) is 3.69. The first kappa shape index (κ1) is 16.4. The fraction of sp³-hybridized carbons (Fsp3) is 0.125. The van der Waals surface area contributed by atoms with Crippen LogP contribution in [0, 0.1) is 10.1 Å². The monoisotopic (exact) mass is 368 g/mol. The summed E-state index contributed by atoms with van der Waals surface area (Å²) in [6.45, 7) is -0.121.